The van der Waals surface area contributed by atoms with Gasteiger partial charge >= 0.3 is 0 Å². The number of nitrogens with zero attached hydrogens (tertiary/aromatic N) is 1. The fourth-order valence-corrected chi connectivity index (χ4v) is 2.11. The molecule has 1 heterocycles. The van der Waals surface area contributed by atoms with Gasteiger partial charge in [-0.2, -0.15) is 0 Å². The zero-order chi connectivity index (χ0) is 12.3. The van der Waals surface area contributed by atoms with Gasteiger partial charge in [0.1, 0.15) is 0 Å². The van der Waals surface area contributed by atoms with E-state index in [0.717, 1.165) is 10.2 Å². The molecule has 17 heavy (non-hydrogen) atoms. The second kappa shape index (κ2) is 5.43. The first-order valence-electron chi connectivity index (χ1n) is 5.05. The molecule has 0 aliphatic rings. The van der Waals surface area contributed by atoms with Gasteiger partial charge in [0.05, 0.1) is 6.42 Å². The number of carbonyl (C=O) groups is 1. The molecule has 0 unspecified atom stereocenters. The summed E-state index contributed by atoms with van der Waals surface area (Å²) in [4.78, 5) is 16.2. The van der Waals surface area contributed by atoms with Gasteiger partial charge in [-0.15, -0.1) is 0 Å². The second-order valence-corrected chi connectivity index (χ2v) is 4.84. The predicted octanol–water partition coefficient (Wildman–Crippen LogP) is 3.92. The number of hydrogen-bond acceptors (Lipinski definition) is 2. The van der Waals surface area contributed by atoms with Gasteiger partial charge < -0.3 is 0 Å². The van der Waals surface area contributed by atoms with Crippen LogP contribution in [0.5, 0.6) is 0 Å². The van der Waals surface area contributed by atoms with Crippen molar-refractivity contribution in [2.45, 2.75) is 6.42 Å². The first-order chi connectivity index (χ1) is 8.16. The van der Waals surface area contributed by atoms with Crippen LogP contribution in [-0.2, 0) is 6.42 Å². The summed E-state index contributed by atoms with van der Waals surface area (Å²) in [7, 11) is 0. The van der Waals surface area contributed by atoms with E-state index >= 15 is 0 Å². The molecule has 0 bridgehead atoms. The summed E-state index contributed by atoms with van der Waals surface area (Å²) in [6.45, 7) is 0. The second-order valence-electron chi connectivity index (χ2n) is 3.55. The van der Waals surface area contributed by atoms with E-state index in [1.165, 1.54) is 0 Å². The van der Waals surface area contributed by atoms with E-state index in [1.807, 2.05) is 18.2 Å². The van der Waals surface area contributed by atoms with Crippen LogP contribution < -0.4 is 0 Å². The number of rotatable bonds is 3. The molecule has 86 valence electrons. The van der Waals surface area contributed by atoms with Gasteiger partial charge in [0.25, 0.3) is 0 Å². The predicted molar refractivity (Wildman–Crippen MR) is 71.4 cm³/mol. The minimum Gasteiger partial charge on any atom is -0.294 e. The Bertz CT molecular complexity index is 542. The van der Waals surface area contributed by atoms with E-state index in [1.54, 1.807) is 24.4 Å². The maximum absolute atomic E-state index is 12.1. The summed E-state index contributed by atoms with van der Waals surface area (Å²) in [5, 5.41) is 0.553. The Balaban J connectivity index is 2.23. The van der Waals surface area contributed by atoms with E-state index in [4.69, 9.17) is 11.6 Å². The average molecular weight is 311 g/mol. The first kappa shape index (κ1) is 12.3. The smallest absolute Gasteiger partial charge is 0.169 e. The summed E-state index contributed by atoms with van der Waals surface area (Å²) in [5.41, 5.74) is 1.34. The minimum absolute atomic E-state index is 0.00178. The molecular formula is C13H9BrClNO. The highest BCUT2D eigenvalue weighted by Gasteiger charge is 2.11. The van der Waals surface area contributed by atoms with E-state index in [-0.39, 0.29) is 12.2 Å². The summed E-state index contributed by atoms with van der Waals surface area (Å²) in [6.07, 6.45) is 1.95. The Morgan fingerprint density at radius 1 is 1.29 bits per heavy atom. The van der Waals surface area contributed by atoms with Crippen LogP contribution in [0.2, 0.25) is 5.02 Å². The summed E-state index contributed by atoms with van der Waals surface area (Å²) >= 11 is 9.22. The van der Waals surface area contributed by atoms with Crippen molar-refractivity contribution in [3.05, 3.63) is 63.3 Å². The first-order valence-corrected chi connectivity index (χ1v) is 6.22. The van der Waals surface area contributed by atoms with Crippen LogP contribution in [0.25, 0.3) is 0 Å². The molecule has 1 aromatic carbocycles. The quantitative estimate of drug-likeness (QED) is 0.804. The maximum Gasteiger partial charge on any atom is 0.169 e. The Hall–Kier alpha value is -1.19. The van der Waals surface area contributed by atoms with Crippen molar-refractivity contribution in [3.63, 3.8) is 0 Å². The number of ketones is 1. The molecule has 0 atom stereocenters. The molecule has 0 N–H and O–H groups in total. The van der Waals surface area contributed by atoms with Gasteiger partial charge in [-0.25, -0.2) is 0 Å². The Kier molecular flexibility index (Phi) is 3.92. The molecule has 2 aromatic rings. The van der Waals surface area contributed by atoms with Gasteiger partial charge in [0, 0.05) is 26.9 Å². The summed E-state index contributed by atoms with van der Waals surface area (Å²) in [5.74, 6) is -0.00178. The lowest BCUT2D eigenvalue weighted by Gasteiger charge is -2.04. The summed E-state index contributed by atoms with van der Waals surface area (Å²) in [6, 6.07) is 10.7. The number of benzene rings is 1. The molecule has 0 saturated heterocycles. The van der Waals surface area contributed by atoms with Crippen molar-refractivity contribution in [1.82, 2.24) is 4.98 Å². The minimum atomic E-state index is -0.00178. The number of hydrogen-bond donors (Lipinski definition) is 0. The molecule has 1 aromatic heterocycles. The molecule has 2 rings (SSSR count). The lowest BCUT2D eigenvalue weighted by atomic mass is 10.1. The van der Waals surface area contributed by atoms with Crippen molar-refractivity contribution < 1.29 is 4.79 Å². The van der Waals surface area contributed by atoms with Gasteiger partial charge in [-0.3, -0.25) is 9.78 Å². The van der Waals surface area contributed by atoms with Crippen molar-refractivity contribution in [2.75, 3.05) is 0 Å². The van der Waals surface area contributed by atoms with E-state index in [0.29, 0.717) is 10.6 Å². The standard InChI is InChI=1S/C13H9BrClNO/c14-12-5-4-9(15)7-11(12)13(17)8-10-3-1-2-6-16-10/h1-7H,8H2. The molecule has 0 aliphatic carbocycles. The topological polar surface area (TPSA) is 30.0 Å². The molecular weight excluding hydrogens is 302 g/mol. The molecule has 2 nitrogen and oxygen atoms in total. The third-order valence-electron chi connectivity index (χ3n) is 2.30. The number of aromatic nitrogens is 1. The lowest BCUT2D eigenvalue weighted by molar-refractivity contribution is 0.0991. The fraction of sp³-hybridized carbons (Fsp3) is 0.0769. The molecule has 0 spiro atoms. The number of carbonyl (C=O) groups excluding carboxylic acids is 1. The van der Waals surface area contributed by atoms with Crippen molar-refractivity contribution >= 4 is 33.3 Å². The largest absolute Gasteiger partial charge is 0.294 e. The summed E-state index contributed by atoms with van der Waals surface area (Å²) < 4.78 is 0.753. The van der Waals surface area contributed by atoms with Crippen LogP contribution in [0, 0.1) is 0 Å². The monoisotopic (exact) mass is 309 g/mol. The van der Waals surface area contributed by atoms with Crippen molar-refractivity contribution in [1.29, 1.82) is 0 Å². The SMILES string of the molecule is O=C(Cc1ccccn1)c1cc(Cl)ccc1Br. The van der Waals surface area contributed by atoms with Crippen LogP contribution in [-0.4, -0.2) is 10.8 Å². The third kappa shape index (κ3) is 3.14. The maximum atomic E-state index is 12.1. The molecule has 0 aliphatic heterocycles. The normalized spacial score (nSPS) is 10.2. The zero-order valence-corrected chi connectivity index (χ0v) is 11.2. The molecule has 0 amide bonds. The van der Waals surface area contributed by atoms with E-state index in [9.17, 15) is 4.79 Å². The number of halogens is 2. The average Bonchev–Trinajstić information content (AvgIpc) is 2.33. The number of pyridine rings is 1. The van der Waals surface area contributed by atoms with Gasteiger partial charge in [-0.1, -0.05) is 33.6 Å². The molecule has 0 radical (unpaired) electrons. The Labute approximate surface area is 113 Å². The highest BCUT2D eigenvalue weighted by Crippen LogP contribution is 2.22. The van der Waals surface area contributed by atoms with E-state index < -0.39 is 0 Å². The van der Waals surface area contributed by atoms with Crippen LogP contribution in [0.1, 0.15) is 16.1 Å². The van der Waals surface area contributed by atoms with E-state index in [2.05, 4.69) is 20.9 Å². The molecule has 0 saturated carbocycles. The highest BCUT2D eigenvalue weighted by molar-refractivity contribution is 9.10. The molecule has 4 heteroatoms. The Morgan fingerprint density at radius 3 is 2.82 bits per heavy atom. The van der Waals surface area contributed by atoms with Crippen LogP contribution >= 0.6 is 27.5 Å². The van der Waals surface area contributed by atoms with Crippen LogP contribution in [0.3, 0.4) is 0 Å². The third-order valence-corrected chi connectivity index (χ3v) is 3.22. The van der Waals surface area contributed by atoms with Crippen molar-refractivity contribution in [3.8, 4) is 0 Å². The van der Waals surface area contributed by atoms with Crippen LogP contribution in [0.4, 0.5) is 0 Å². The fourth-order valence-electron chi connectivity index (χ4n) is 1.47. The lowest BCUT2D eigenvalue weighted by Crippen LogP contribution is -2.05. The van der Waals surface area contributed by atoms with Gasteiger partial charge in [-0.05, 0) is 30.3 Å². The van der Waals surface area contributed by atoms with Gasteiger partial charge in [0.15, 0.2) is 5.78 Å². The van der Waals surface area contributed by atoms with Crippen molar-refractivity contribution in [2.24, 2.45) is 0 Å². The molecule has 0 fully saturated rings. The van der Waals surface area contributed by atoms with Crippen LogP contribution in [0.15, 0.2) is 47.1 Å². The highest BCUT2D eigenvalue weighted by atomic mass is 79.9. The zero-order valence-electron chi connectivity index (χ0n) is 8.86. The number of Topliss-reactive ketones (excluding diaryl/α,β-unsaturated/α-hetero) is 1. The van der Waals surface area contributed by atoms with Gasteiger partial charge in [0.2, 0.25) is 0 Å². The Morgan fingerprint density at radius 2 is 2.12 bits per heavy atom.